The van der Waals surface area contributed by atoms with E-state index in [0.29, 0.717) is 32.2 Å². The van der Waals surface area contributed by atoms with Crippen LogP contribution < -0.4 is 38.9 Å². The molecule has 0 aromatic rings. The van der Waals surface area contributed by atoms with Gasteiger partial charge in [-0.3, -0.25) is 19.4 Å². The molecular weight excluding hydrogens is 480 g/mol. The second-order valence-corrected chi connectivity index (χ2v) is 9.80. The quantitative estimate of drug-likeness (QED) is 0.0589. The number of carboxylic acid groups (broad SMARTS) is 1. The Morgan fingerprint density at radius 1 is 0.865 bits per heavy atom. The van der Waals surface area contributed by atoms with Gasteiger partial charge in [-0.2, -0.15) is 0 Å². The number of hydrogen-bond acceptors (Lipinski definition) is 7. The molecule has 0 radical (unpaired) electrons. The fourth-order valence-corrected chi connectivity index (χ4v) is 3.60. The number of rotatable bonds is 19. The molecule has 0 saturated heterocycles. The van der Waals surface area contributed by atoms with E-state index < -0.39 is 47.9 Å². The lowest BCUT2D eigenvalue weighted by Gasteiger charge is -2.27. The standard InChI is InChI=1S/C24H48N8O5/c1-5-15(4)19(23(36)37)32-22(35)18(13-14(2)3)31-21(34)17(10-8-12-29-24(27)28)30-20(33)16(26)9-6-7-11-25/h14-19H,5-13,25-26H2,1-4H3,(H,30,33)(H,31,34)(H,32,35)(H,36,37)(H4,27,28,29). The highest BCUT2D eigenvalue weighted by atomic mass is 16.4. The molecule has 37 heavy (non-hydrogen) atoms. The van der Waals surface area contributed by atoms with Crippen LogP contribution in [0.5, 0.6) is 0 Å². The molecule has 214 valence electrons. The SMILES string of the molecule is CCC(C)C(NC(=O)C(CC(C)C)NC(=O)C(CCCN=C(N)N)NC(=O)C(N)CCCCN)C(=O)O. The number of nitrogens with zero attached hydrogens (tertiary/aromatic N) is 1. The van der Waals surface area contributed by atoms with Crippen LogP contribution in [0, 0.1) is 11.8 Å². The van der Waals surface area contributed by atoms with Crippen molar-refractivity contribution in [3.63, 3.8) is 0 Å². The molecule has 0 aliphatic rings. The largest absolute Gasteiger partial charge is 0.480 e. The summed E-state index contributed by atoms with van der Waals surface area (Å²) < 4.78 is 0. The third kappa shape index (κ3) is 14.4. The molecule has 0 fully saturated rings. The Kier molecular flexibility index (Phi) is 16.9. The molecule has 5 atom stereocenters. The van der Waals surface area contributed by atoms with Crippen molar-refractivity contribution in [1.82, 2.24) is 16.0 Å². The van der Waals surface area contributed by atoms with Gasteiger partial charge < -0.3 is 44.0 Å². The highest BCUT2D eigenvalue weighted by molar-refractivity contribution is 5.94. The van der Waals surface area contributed by atoms with Crippen molar-refractivity contribution in [2.75, 3.05) is 13.1 Å². The first-order valence-electron chi connectivity index (χ1n) is 13.0. The van der Waals surface area contributed by atoms with Crippen molar-refractivity contribution < 1.29 is 24.3 Å². The number of guanidine groups is 1. The molecule has 0 aliphatic heterocycles. The molecule has 0 aliphatic carbocycles. The van der Waals surface area contributed by atoms with Crippen LogP contribution in [-0.4, -0.2) is 72.0 Å². The van der Waals surface area contributed by atoms with Crippen molar-refractivity contribution >= 4 is 29.7 Å². The predicted octanol–water partition coefficient (Wildman–Crippen LogP) is -0.872. The Hall–Kier alpha value is -2.93. The van der Waals surface area contributed by atoms with Gasteiger partial charge in [0, 0.05) is 6.54 Å². The number of aliphatic imine (C=N–C) groups is 1. The van der Waals surface area contributed by atoms with E-state index >= 15 is 0 Å². The molecule has 0 rings (SSSR count). The maximum absolute atomic E-state index is 13.2. The minimum atomic E-state index is -1.15. The molecule has 0 spiro atoms. The fraction of sp³-hybridized carbons (Fsp3) is 0.792. The number of nitrogens with two attached hydrogens (primary N) is 4. The van der Waals surface area contributed by atoms with Gasteiger partial charge in [-0.15, -0.1) is 0 Å². The summed E-state index contributed by atoms with van der Waals surface area (Å²) in [7, 11) is 0. The summed E-state index contributed by atoms with van der Waals surface area (Å²) in [6, 6.07) is -3.89. The zero-order valence-electron chi connectivity index (χ0n) is 22.7. The molecule has 0 aromatic carbocycles. The van der Waals surface area contributed by atoms with Gasteiger partial charge in [-0.1, -0.05) is 40.5 Å². The molecule has 12 N–H and O–H groups in total. The van der Waals surface area contributed by atoms with E-state index in [1.807, 2.05) is 20.8 Å². The van der Waals surface area contributed by atoms with Crippen LogP contribution >= 0.6 is 0 Å². The maximum atomic E-state index is 13.2. The first-order valence-corrected chi connectivity index (χ1v) is 13.0. The maximum Gasteiger partial charge on any atom is 0.326 e. The summed E-state index contributed by atoms with van der Waals surface area (Å²) in [6.45, 7) is 8.05. The van der Waals surface area contributed by atoms with Gasteiger partial charge in [0.1, 0.15) is 18.1 Å². The third-order valence-corrected chi connectivity index (χ3v) is 6.00. The third-order valence-electron chi connectivity index (χ3n) is 6.00. The Morgan fingerprint density at radius 3 is 1.97 bits per heavy atom. The summed E-state index contributed by atoms with van der Waals surface area (Å²) in [5.41, 5.74) is 22.2. The Balaban J connectivity index is 5.61. The van der Waals surface area contributed by atoms with Crippen LogP contribution in [0.2, 0.25) is 0 Å². The molecule has 13 nitrogen and oxygen atoms in total. The minimum absolute atomic E-state index is 0.0220. The number of nitrogens with one attached hydrogen (secondary N) is 3. The van der Waals surface area contributed by atoms with Crippen LogP contribution in [-0.2, 0) is 19.2 Å². The highest BCUT2D eigenvalue weighted by Gasteiger charge is 2.32. The number of unbranched alkanes of at least 4 members (excludes halogenated alkanes) is 1. The van der Waals surface area contributed by atoms with Gasteiger partial charge in [0.25, 0.3) is 0 Å². The van der Waals surface area contributed by atoms with Gasteiger partial charge in [0.2, 0.25) is 17.7 Å². The fourth-order valence-electron chi connectivity index (χ4n) is 3.60. The van der Waals surface area contributed by atoms with Crippen LogP contribution in [0.3, 0.4) is 0 Å². The number of carbonyl (C=O) groups is 4. The van der Waals surface area contributed by atoms with E-state index in [9.17, 15) is 24.3 Å². The molecule has 0 heterocycles. The molecule has 5 unspecified atom stereocenters. The van der Waals surface area contributed by atoms with Crippen molar-refractivity contribution in [3.8, 4) is 0 Å². The van der Waals surface area contributed by atoms with Crippen molar-refractivity contribution in [2.24, 2.45) is 39.8 Å². The number of amides is 3. The summed E-state index contributed by atoms with van der Waals surface area (Å²) in [5.74, 6) is -3.19. The van der Waals surface area contributed by atoms with Gasteiger partial charge in [0.15, 0.2) is 5.96 Å². The van der Waals surface area contributed by atoms with Gasteiger partial charge in [-0.05, 0) is 50.5 Å². The van der Waals surface area contributed by atoms with Gasteiger partial charge in [0.05, 0.1) is 6.04 Å². The normalized spacial score (nSPS) is 15.1. The lowest BCUT2D eigenvalue weighted by molar-refractivity contribution is -0.144. The lowest BCUT2D eigenvalue weighted by atomic mass is 9.97. The van der Waals surface area contributed by atoms with E-state index in [0.717, 1.165) is 6.42 Å². The molecule has 13 heteroatoms. The topological polar surface area (TPSA) is 241 Å². The lowest BCUT2D eigenvalue weighted by Crippen LogP contribution is -2.58. The van der Waals surface area contributed by atoms with Crippen LogP contribution in [0.25, 0.3) is 0 Å². The van der Waals surface area contributed by atoms with Crippen molar-refractivity contribution in [1.29, 1.82) is 0 Å². The molecule has 0 saturated carbocycles. The Bertz CT molecular complexity index is 757. The highest BCUT2D eigenvalue weighted by Crippen LogP contribution is 2.11. The average Bonchev–Trinajstić information content (AvgIpc) is 2.82. The van der Waals surface area contributed by atoms with Crippen LogP contribution in [0.15, 0.2) is 4.99 Å². The molecular formula is C24H48N8O5. The smallest absolute Gasteiger partial charge is 0.326 e. The van der Waals surface area contributed by atoms with E-state index in [1.165, 1.54) is 0 Å². The second kappa shape index (κ2) is 18.3. The van der Waals surface area contributed by atoms with Crippen LogP contribution in [0.1, 0.15) is 72.6 Å². The number of hydrogen-bond donors (Lipinski definition) is 8. The van der Waals surface area contributed by atoms with Gasteiger partial charge >= 0.3 is 5.97 Å². The predicted molar refractivity (Wildman–Crippen MR) is 143 cm³/mol. The van der Waals surface area contributed by atoms with Crippen molar-refractivity contribution in [2.45, 2.75) is 96.8 Å². The summed E-state index contributed by atoms with van der Waals surface area (Å²) in [6.07, 6.45) is 3.22. The van der Waals surface area contributed by atoms with Crippen LogP contribution in [0.4, 0.5) is 0 Å². The van der Waals surface area contributed by atoms with E-state index in [-0.39, 0.29) is 37.2 Å². The number of carboxylic acids is 1. The second-order valence-electron chi connectivity index (χ2n) is 9.80. The van der Waals surface area contributed by atoms with E-state index in [4.69, 9.17) is 22.9 Å². The minimum Gasteiger partial charge on any atom is -0.480 e. The first-order chi connectivity index (χ1) is 17.3. The average molecular weight is 529 g/mol. The van der Waals surface area contributed by atoms with Crippen molar-refractivity contribution in [3.05, 3.63) is 0 Å². The molecule has 0 aromatic heterocycles. The number of aliphatic carboxylic acids is 1. The number of carbonyl (C=O) groups excluding carboxylic acids is 3. The summed E-state index contributed by atoms with van der Waals surface area (Å²) in [5, 5.41) is 17.5. The van der Waals surface area contributed by atoms with E-state index in [1.54, 1.807) is 6.92 Å². The van der Waals surface area contributed by atoms with E-state index in [2.05, 4.69) is 20.9 Å². The zero-order chi connectivity index (χ0) is 28.5. The Labute approximate surface area is 219 Å². The first kappa shape index (κ1) is 34.1. The summed E-state index contributed by atoms with van der Waals surface area (Å²) >= 11 is 0. The summed E-state index contributed by atoms with van der Waals surface area (Å²) in [4.78, 5) is 54.5. The zero-order valence-corrected chi connectivity index (χ0v) is 22.7. The molecule has 3 amide bonds. The monoisotopic (exact) mass is 528 g/mol. The molecule has 0 bridgehead atoms. The Morgan fingerprint density at radius 2 is 1.46 bits per heavy atom. The van der Waals surface area contributed by atoms with Gasteiger partial charge in [-0.25, -0.2) is 4.79 Å².